The Hall–Kier alpha value is -2.78. The van der Waals surface area contributed by atoms with Gasteiger partial charge in [-0.2, -0.15) is 0 Å². The summed E-state index contributed by atoms with van der Waals surface area (Å²) in [5.74, 6) is -0.628. The number of benzene rings is 1. The molecule has 0 saturated carbocycles. The minimum absolute atomic E-state index is 0.0533. The van der Waals surface area contributed by atoms with E-state index >= 15 is 0 Å². The summed E-state index contributed by atoms with van der Waals surface area (Å²) in [5, 5.41) is 4.79. The van der Waals surface area contributed by atoms with Crippen LogP contribution in [0.25, 0.3) is 0 Å². The minimum atomic E-state index is -0.337. The van der Waals surface area contributed by atoms with Gasteiger partial charge in [-0.1, -0.05) is 31.5 Å². The van der Waals surface area contributed by atoms with Gasteiger partial charge in [0.05, 0.1) is 18.7 Å². The SMILES string of the molecule is CCONC(=O)Cc1csc(NC(=O)CN(CC(C)C)C(=O)c2ccc(C)cc2)n1. The molecule has 2 N–H and O–H groups in total. The highest BCUT2D eigenvalue weighted by Crippen LogP contribution is 2.16. The molecular formula is C21H28N4O4S. The van der Waals surface area contributed by atoms with Crippen LogP contribution < -0.4 is 10.8 Å². The normalized spacial score (nSPS) is 10.7. The van der Waals surface area contributed by atoms with Crippen molar-refractivity contribution in [2.45, 2.75) is 34.1 Å². The third-order valence-corrected chi connectivity index (χ3v) is 4.78. The lowest BCUT2D eigenvalue weighted by Gasteiger charge is -2.24. The van der Waals surface area contributed by atoms with Crippen molar-refractivity contribution in [1.29, 1.82) is 0 Å². The van der Waals surface area contributed by atoms with Crippen LogP contribution in [0, 0.1) is 12.8 Å². The summed E-state index contributed by atoms with van der Waals surface area (Å²) < 4.78 is 0. The van der Waals surface area contributed by atoms with Crippen LogP contribution in [0.15, 0.2) is 29.6 Å². The number of rotatable bonds is 10. The van der Waals surface area contributed by atoms with Crippen molar-refractivity contribution in [3.05, 3.63) is 46.5 Å². The van der Waals surface area contributed by atoms with Crippen molar-refractivity contribution in [2.75, 3.05) is 25.0 Å². The average molecular weight is 433 g/mol. The molecule has 1 aromatic carbocycles. The number of carbonyl (C=O) groups excluding carboxylic acids is 3. The van der Waals surface area contributed by atoms with Gasteiger partial charge in [0.25, 0.3) is 5.91 Å². The second-order valence-corrected chi connectivity index (χ2v) is 8.13. The van der Waals surface area contributed by atoms with Gasteiger partial charge in [0.2, 0.25) is 11.8 Å². The van der Waals surface area contributed by atoms with Gasteiger partial charge in [-0.25, -0.2) is 10.5 Å². The molecule has 0 aliphatic carbocycles. The maximum absolute atomic E-state index is 12.9. The van der Waals surface area contributed by atoms with E-state index in [0.717, 1.165) is 5.56 Å². The maximum atomic E-state index is 12.9. The Morgan fingerprint density at radius 2 is 1.87 bits per heavy atom. The number of aromatic nitrogens is 1. The summed E-state index contributed by atoms with van der Waals surface area (Å²) in [4.78, 5) is 47.7. The molecule has 162 valence electrons. The predicted molar refractivity (Wildman–Crippen MR) is 116 cm³/mol. The van der Waals surface area contributed by atoms with Gasteiger partial charge >= 0.3 is 0 Å². The monoisotopic (exact) mass is 432 g/mol. The molecule has 30 heavy (non-hydrogen) atoms. The van der Waals surface area contributed by atoms with E-state index in [1.165, 1.54) is 16.2 Å². The first-order chi connectivity index (χ1) is 14.3. The van der Waals surface area contributed by atoms with Crippen LogP contribution >= 0.6 is 11.3 Å². The number of thiazole rings is 1. The average Bonchev–Trinajstić information content (AvgIpc) is 3.12. The fourth-order valence-electron chi connectivity index (χ4n) is 2.67. The number of hydrogen-bond acceptors (Lipinski definition) is 6. The van der Waals surface area contributed by atoms with E-state index in [4.69, 9.17) is 4.84 Å². The number of aryl methyl sites for hydroxylation is 1. The van der Waals surface area contributed by atoms with E-state index in [2.05, 4.69) is 15.8 Å². The van der Waals surface area contributed by atoms with Gasteiger partial charge in [-0.15, -0.1) is 11.3 Å². The smallest absolute Gasteiger partial charge is 0.254 e. The third kappa shape index (κ3) is 7.57. The first-order valence-electron chi connectivity index (χ1n) is 9.79. The molecule has 0 aliphatic rings. The lowest BCUT2D eigenvalue weighted by molar-refractivity contribution is -0.132. The molecular weight excluding hydrogens is 404 g/mol. The molecule has 3 amide bonds. The van der Waals surface area contributed by atoms with Gasteiger partial charge in [-0.05, 0) is 31.9 Å². The number of amides is 3. The predicted octanol–water partition coefficient (Wildman–Crippen LogP) is 2.80. The number of hydroxylamine groups is 1. The Bertz CT molecular complexity index is 864. The van der Waals surface area contributed by atoms with Gasteiger partial charge in [0, 0.05) is 17.5 Å². The molecule has 0 radical (unpaired) electrons. The molecule has 1 heterocycles. The van der Waals surface area contributed by atoms with Crippen LogP contribution in [-0.4, -0.2) is 47.3 Å². The molecule has 0 atom stereocenters. The van der Waals surface area contributed by atoms with E-state index in [0.29, 0.717) is 29.5 Å². The molecule has 0 bridgehead atoms. The summed E-state index contributed by atoms with van der Waals surface area (Å²) in [6, 6.07) is 7.28. The Morgan fingerprint density at radius 1 is 1.17 bits per heavy atom. The fraction of sp³-hybridized carbons (Fsp3) is 0.429. The fourth-order valence-corrected chi connectivity index (χ4v) is 3.40. The maximum Gasteiger partial charge on any atom is 0.254 e. The van der Waals surface area contributed by atoms with Gasteiger partial charge < -0.3 is 10.2 Å². The second-order valence-electron chi connectivity index (χ2n) is 7.27. The van der Waals surface area contributed by atoms with Gasteiger partial charge in [0.1, 0.15) is 6.54 Å². The standard InChI is InChI=1S/C21H28N4O4S/c1-5-29-24-18(26)10-17-13-30-21(22-17)23-19(27)12-25(11-14(2)3)20(28)16-8-6-15(4)7-9-16/h6-9,13-14H,5,10-12H2,1-4H3,(H,24,26)(H,22,23,27). The van der Waals surface area contributed by atoms with Crippen molar-refractivity contribution in [1.82, 2.24) is 15.4 Å². The molecule has 0 saturated heterocycles. The Balaban J connectivity index is 1.98. The van der Waals surface area contributed by atoms with Crippen LogP contribution in [0.1, 0.15) is 42.4 Å². The largest absolute Gasteiger partial charge is 0.329 e. The van der Waals surface area contributed by atoms with E-state index in [-0.39, 0.29) is 36.6 Å². The van der Waals surface area contributed by atoms with E-state index < -0.39 is 0 Å². The van der Waals surface area contributed by atoms with E-state index in [9.17, 15) is 14.4 Å². The van der Waals surface area contributed by atoms with Crippen molar-refractivity contribution in [3.8, 4) is 0 Å². The van der Waals surface area contributed by atoms with Crippen LogP contribution in [0.3, 0.4) is 0 Å². The minimum Gasteiger partial charge on any atom is -0.329 e. The number of carbonyl (C=O) groups is 3. The third-order valence-electron chi connectivity index (χ3n) is 3.98. The lowest BCUT2D eigenvalue weighted by Crippen LogP contribution is -2.40. The topological polar surface area (TPSA) is 101 Å². The van der Waals surface area contributed by atoms with Gasteiger partial charge in [-0.3, -0.25) is 19.2 Å². The molecule has 0 spiro atoms. The summed E-state index contributed by atoms with van der Waals surface area (Å²) in [5.41, 5.74) is 4.44. The summed E-state index contributed by atoms with van der Waals surface area (Å²) in [6.45, 7) is 8.46. The molecule has 0 aliphatic heterocycles. The second kappa shape index (κ2) is 11.4. The van der Waals surface area contributed by atoms with Crippen LogP contribution in [0.4, 0.5) is 5.13 Å². The summed E-state index contributed by atoms with van der Waals surface area (Å²) >= 11 is 1.22. The Kier molecular flexibility index (Phi) is 8.94. The number of anilines is 1. The number of nitrogens with one attached hydrogen (secondary N) is 2. The molecule has 0 fully saturated rings. The van der Waals surface area contributed by atoms with Gasteiger partial charge in [0.15, 0.2) is 5.13 Å². The van der Waals surface area contributed by atoms with Crippen LogP contribution in [0.2, 0.25) is 0 Å². The summed E-state index contributed by atoms with van der Waals surface area (Å²) in [7, 11) is 0. The number of nitrogens with zero attached hydrogens (tertiary/aromatic N) is 2. The molecule has 0 unspecified atom stereocenters. The highest BCUT2D eigenvalue weighted by Gasteiger charge is 2.20. The first-order valence-corrected chi connectivity index (χ1v) is 10.7. The zero-order chi connectivity index (χ0) is 22.1. The van der Waals surface area contributed by atoms with E-state index in [1.807, 2.05) is 32.9 Å². The molecule has 2 rings (SSSR count). The van der Waals surface area contributed by atoms with Crippen molar-refractivity contribution >= 4 is 34.2 Å². The lowest BCUT2D eigenvalue weighted by atomic mass is 10.1. The molecule has 9 heteroatoms. The van der Waals surface area contributed by atoms with Crippen LogP contribution in [-0.2, 0) is 20.8 Å². The van der Waals surface area contributed by atoms with Crippen molar-refractivity contribution in [3.63, 3.8) is 0 Å². The molecule has 2 aromatic rings. The van der Waals surface area contributed by atoms with Crippen molar-refractivity contribution in [2.24, 2.45) is 5.92 Å². The van der Waals surface area contributed by atoms with Crippen LogP contribution in [0.5, 0.6) is 0 Å². The zero-order valence-electron chi connectivity index (χ0n) is 17.7. The molecule has 8 nitrogen and oxygen atoms in total. The Morgan fingerprint density at radius 3 is 2.50 bits per heavy atom. The van der Waals surface area contributed by atoms with E-state index in [1.54, 1.807) is 24.4 Å². The highest BCUT2D eigenvalue weighted by molar-refractivity contribution is 7.13. The number of hydrogen-bond donors (Lipinski definition) is 2. The molecule has 1 aromatic heterocycles. The van der Waals surface area contributed by atoms with Crippen molar-refractivity contribution < 1.29 is 19.2 Å². The summed E-state index contributed by atoms with van der Waals surface area (Å²) in [6.07, 6.45) is 0.0533. The highest BCUT2D eigenvalue weighted by atomic mass is 32.1. The quantitative estimate of drug-likeness (QED) is 0.562. The zero-order valence-corrected chi connectivity index (χ0v) is 18.5. The first kappa shape index (κ1) is 23.5. The Labute approximate surface area is 180 Å².